The number of hydrogen-bond acceptors (Lipinski definition) is 1. The van der Waals surface area contributed by atoms with Crippen molar-refractivity contribution in [2.45, 2.75) is 26.7 Å². The second-order valence-electron chi connectivity index (χ2n) is 3.77. The Morgan fingerprint density at radius 1 is 1.43 bits per heavy atom. The van der Waals surface area contributed by atoms with Crippen LogP contribution in [0.4, 0.5) is 13.2 Å². The zero-order chi connectivity index (χ0) is 11.1. The van der Waals surface area contributed by atoms with Crippen molar-refractivity contribution in [3.05, 3.63) is 11.5 Å². The molecule has 0 aliphatic carbocycles. The van der Waals surface area contributed by atoms with E-state index in [4.69, 9.17) is 0 Å². The van der Waals surface area contributed by atoms with Crippen molar-refractivity contribution >= 4 is 5.91 Å². The van der Waals surface area contributed by atoms with Crippen LogP contribution in [-0.2, 0) is 4.79 Å². The molecule has 80 valence electrons. The van der Waals surface area contributed by atoms with Crippen molar-refractivity contribution in [2.75, 3.05) is 0 Å². The van der Waals surface area contributed by atoms with Gasteiger partial charge in [0, 0.05) is 0 Å². The Kier molecular flexibility index (Phi) is 2.61. The highest BCUT2D eigenvalue weighted by Crippen LogP contribution is 2.41. The fraction of sp³-hybridized carbons (Fsp3) is 0.667. The predicted molar refractivity (Wildman–Crippen MR) is 45.2 cm³/mol. The minimum Gasteiger partial charge on any atom is -0.327 e. The number of carbonyl (C=O) groups excluding carboxylic acids is 1. The van der Waals surface area contributed by atoms with Gasteiger partial charge in [-0.2, -0.15) is 8.78 Å². The highest BCUT2D eigenvalue weighted by atomic mass is 19.3. The summed E-state index contributed by atoms with van der Waals surface area (Å²) in [5.41, 5.74) is -0.392. The van der Waals surface area contributed by atoms with Crippen LogP contribution in [0.5, 0.6) is 0 Å². The average Bonchev–Trinajstić information content (AvgIpc) is 1.98. The molecule has 1 atom stereocenters. The molecule has 0 saturated heterocycles. The molecule has 1 unspecified atom stereocenters. The van der Waals surface area contributed by atoms with Crippen LogP contribution in [0, 0.1) is 11.8 Å². The Bertz CT molecular complexity index is 296. The van der Waals surface area contributed by atoms with Crippen LogP contribution in [-0.4, -0.2) is 11.8 Å². The Morgan fingerprint density at radius 2 is 1.93 bits per heavy atom. The van der Waals surface area contributed by atoms with E-state index in [1.807, 2.05) is 0 Å². The van der Waals surface area contributed by atoms with Gasteiger partial charge in [-0.3, -0.25) is 4.79 Å². The van der Waals surface area contributed by atoms with Gasteiger partial charge >= 0.3 is 5.92 Å². The second-order valence-corrected chi connectivity index (χ2v) is 3.77. The number of nitrogens with one attached hydrogen (secondary N) is 1. The molecule has 0 aromatic rings. The summed E-state index contributed by atoms with van der Waals surface area (Å²) in [5, 5.41) is 2.10. The molecule has 0 radical (unpaired) electrons. The van der Waals surface area contributed by atoms with E-state index in [9.17, 15) is 18.0 Å². The first-order valence-electron chi connectivity index (χ1n) is 4.34. The number of alkyl halides is 2. The first-order valence-corrected chi connectivity index (χ1v) is 4.34. The largest absolute Gasteiger partial charge is 0.327 e. The van der Waals surface area contributed by atoms with E-state index in [0.717, 1.165) is 6.92 Å². The molecule has 2 nitrogen and oxygen atoms in total. The molecule has 0 spiro atoms. The van der Waals surface area contributed by atoms with Crippen molar-refractivity contribution in [3.8, 4) is 0 Å². The van der Waals surface area contributed by atoms with Gasteiger partial charge in [-0.15, -0.1) is 0 Å². The number of allylic oxidation sites excluding steroid dienone is 2. The van der Waals surface area contributed by atoms with E-state index in [1.54, 1.807) is 0 Å². The lowest BCUT2D eigenvalue weighted by Crippen LogP contribution is -2.49. The third-order valence-electron chi connectivity index (χ3n) is 2.27. The minimum atomic E-state index is -3.68. The van der Waals surface area contributed by atoms with Gasteiger partial charge in [0.15, 0.2) is 5.83 Å². The summed E-state index contributed by atoms with van der Waals surface area (Å²) in [6.07, 6.45) is 0. The molecule has 1 aliphatic heterocycles. The van der Waals surface area contributed by atoms with Crippen molar-refractivity contribution in [1.82, 2.24) is 5.32 Å². The number of rotatable bonds is 1. The fourth-order valence-electron chi connectivity index (χ4n) is 1.59. The van der Waals surface area contributed by atoms with E-state index in [-0.39, 0.29) is 0 Å². The van der Waals surface area contributed by atoms with Gasteiger partial charge in [-0.1, -0.05) is 13.8 Å². The van der Waals surface area contributed by atoms with Gasteiger partial charge in [-0.05, 0) is 12.8 Å². The van der Waals surface area contributed by atoms with Crippen LogP contribution >= 0.6 is 0 Å². The second kappa shape index (κ2) is 3.29. The normalized spacial score (nSPS) is 26.8. The Hall–Kier alpha value is -1.00. The summed E-state index contributed by atoms with van der Waals surface area (Å²) in [6.45, 7) is 4.05. The molecule has 1 N–H and O–H groups in total. The Morgan fingerprint density at radius 3 is 2.36 bits per heavy atom. The van der Waals surface area contributed by atoms with E-state index < -0.39 is 35.2 Å². The number of amides is 1. The van der Waals surface area contributed by atoms with Crippen molar-refractivity contribution in [2.24, 2.45) is 11.8 Å². The summed E-state index contributed by atoms with van der Waals surface area (Å²) in [6, 6.07) is 0. The third-order valence-corrected chi connectivity index (χ3v) is 2.27. The standard InChI is InChI=1S/C9H12F3NO/c1-4(2)6-8(14)13-5(3)7(10)9(6,11)12/h4,6H,1-3H3,(H,13,14). The maximum atomic E-state index is 13.3. The van der Waals surface area contributed by atoms with Crippen LogP contribution in [0.2, 0.25) is 0 Å². The van der Waals surface area contributed by atoms with Gasteiger partial charge < -0.3 is 5.32 Å². The highest BCUT2D eigenvalue weighted by molar-refractivity contribution is 5.83. The molecule has 0 fully saturated rings. The van der Waals surface area contributed by atoms with Gasteiger partial charge in [0.25, 0.3) is 0 Å². The summed E-state index contributed by atoms with van der Waals surface area (Å²) in [7, 11) is 0. The average molecular weight is 207 g/mol. The van der Waals surface area contributed by atoms with Crippen molar-refractivity contribution in [3.63, 3.8) is 0 Å². The smallest absolute Gasteiger partial charge is 0.312 e. The molecule has 0 aromatic carbocycles. The van der Waals surface area contributed by atoms with E-state index in [2.05, 4.69) is 5.32 Å². The van der Waals surface area contributed by atoms with E-state index in [1.165, 1.54) is 13.8 Å². The van der Waals surface area contributed by atoms with Crippen LogP contribution in [0.15, 0.2) is 11.5 Å². The summed E-state index contributed by atoms with van der Waals surface area (Å²) in [4.78, 5) is 11.2. The molecule has 1 aliphatic rings. The van der Waals surface area contributed by atoms with Gasteiger partial charge in [0.1, 0.15) is 5.92 Å². The predicted octanol–water partition coefficient (Wildman–Crippen LogP) is 2.22. The molecule has 1 heterocycles. The molecular formula is C9H12F3NO. The first-order chi connectivity index (χ1) is 6.28. The maximum absolute atomic E-state index is 13.3. The van der Waals surface area contributed by atoms with E-state index >= 15 is 0 Å². The maximum Gasteiger partial charge on any atom is 0.312 e. The van der Waals surface area contributed by atoms with Gasteiger partial charge in [-0.25, -0.2) is 4.39 Å². The van der Waals surface area contributed by atoms with Crippen LogP contribution in [0.1, 0.15) is 20.8 Å². The summed E-state index contributed by atoms with van der Waals surface area (Å²) in [5.74, 6) is -8.25. The Labute approximate surface area is 80.2 Å². The van der Waals surface area contributed by atoms with Crippen molar-refractivity contribution in [1.29, 1.82) is 0 Å². The molecule has 1 amide bonds. The SMILES string of the molecule is CC1=C(F)C(F)(F)C(C(C)C)C(=O)N1. The number of hydrogen-bond donors (Lipinski definition) is 1. The number of halogens is 3. The van der Waals surface area contributed by atoms with Crippen LogP contribution in [0.3, 0.4) is 0 Å². The van der Waals surface area contributed by atoms with Crippen LogP contribution in [0.25, 0.3) is 0 Å². The zero-order valence-electron chi connectivity index (χ0n) is 8.20. The Balaban J connectivity index is 3.17. The zero-order valence-corrected chi connectivity index (χ0v) is 8.20. The topological polar surface area (TPSA) is 29.1 Å². The van der Waals surface area contributed by atoms with Gasteiger partial charge in [0.2, 0.25) is 5.91 Å². The summed E-state index contributed by atoms with van der Waals surface area (Å²) < 4.78 is 39.7. The lowest BCUT2D eigenvalue weighted by Gasteiger charge is -2.32. The molecule has 0 bridgehead atoms. The molecule has 5 heteroatoms. The fourth-order valence-corrected chi connectivity index (χ4v) is 1.59. The summed E-state index contributed by atoms with van der Waals surface area (Å²) >= 11 is 0. The third kappa shape index (κ3) is 1.51. The molecule has 1 rings (SSSR count). The first kappa shape index (κ1) is 11.1. The molecular weight excluding hydrogens is 195 g/mol. The lowest BCUT2D eigenvalue weighted by atomic mass is 9.85. The quantitative estimate of drug-likeness (QED) is 0.701. The van der Waals surface area contributed by atoms with E-state index in [0.29, 0.717) is 0 Å². The van der Waals surface area contributed by atoms with Gasteiger partial charge in [0.05, 0.1) is 5.70 Å². The number of carbonyl (C=O) groups is 1. The highest BCUT2D eigenvalue weighted by Gasteiger charge is 2.53. The monoisotopic (exact) mass is 207 g/mol. The molecule has 0 saturated carbocycles. The lowest BCUT2D eigenvalue weighted by molar-refractivity contribution is -0.143. The molecule has 0 aromatic heterocycles. The van der Waals surface area contributed by atoms with Crippen molar-refractivity contribution < 1.29 is 18.0 Å². The van der Waals surface area contributed by atoms with Crippen LogP contribution < -0.4 is 5.32 Å². The molecule has 14 heavy (non-hydrogen) atoms. The minimum absolute atomic E-state index is 0.392.